The predicted molar refractivity (Wildman–Crippen MR) is 90.1 cm³/mol. The highest BCUT2D eigenvalue weighted by Gasteiger charge is 2.18. The first-order chi connectivity index (χ1) is 12.2. The quantitative estimate of drug-likeness (QED) is 0.667. The minimum atomic E-state index is -0.304. The highest BCUT2D eigenvalue weighted by molar-refractivity contribution is 7.98. The second kappa shape index (κ2) is 6.81. The number of hydrogen-bond acceptors (Lipinski definition) is 6. The molecule has 128 valence electrons. The normalized spacial score (nSPS) is 13.4. The maximum Gasteiger partial charge on any atom is 0.214 e. The van der Waals surface area contributed by atoms with Crippen molar-refractivity contribution in [2.45, 2.75) is 24.4 Å². The minimum Gasteiger partial charge on any atom is -0.467 e. The third-order valence-corrected chi connectivity index (χ3v) is 4.76. The van der Waals surface area contributed by atoms with Crippen molar-refractivity contribution in [1.29, 1.82) is 0 Å². The molecule has 0 spiro atoms. The maximum absolute atomic E-state index is 13.8. The van der Waals surface area contributed by atoms with E-state index in [2.05, 4.69) is 15.5 Å². The van der Waals surface area contributed by atoms with Crippen molar-refractivity contribution in [3.05, 3.63) is 58.9 Å². The third kappa shape index (κ3) is 3.35. The van der Waals surface area contributed by atoms with Crippen molar-refractivity contribution in [2.24, 2.45) is 0 Å². The summed E-state index contributed by atoms with van der Waals surface area (Å²) in [5, 5.41) is 12.5. The fourth-order valence-electron chi connectivity index (χ4n) is 2.70. The molecule has 2 aromatic carbocycles. The Balaban J connectivity index is 1.59. The van der Waals surface area contributed by atoms with E-state index in [-0.39, 0.29) is 12.6 Å². The number of aromatic nitrogens is 4. The van der Waals surface area contributed by atoms with Crippen LogP contribution in [0, 0.1) is 12.7 Å². The molecule has 0 N–H and O–H groups in total. The van der Waals surface area contributed by atoms with Crippen LogP contribution in [0.3, 0.4) is 0 Å². The summed E-state index contributed by atoms with van der Waals surface area (Å²) in [5.41, 5.74) is 3.50. The van der Waals surface area contributed by atoms with Crippen molar-refractivity contribution in [1.82, 2.24) is 20.2 Å². The van der Waals surface area contributed by atoms with Gasteiger partial charge in [0.1, 0.15) is 11.6 Å². The summed E-state index contributed by atoms with van der Waals surface area (Å²) in [6, 6.07) is 10.8. The van der Waals surface area contributed by atoms with Gasteiger partial charge < -0.3 is 9.47 Å². The van der Waals surface area contributed by atoms with Crippen LogP contribution in [0.4, 0.5) is 4.39 Å². The average Bonchev–Trinajstić information content (AvgIpc) is 3.08. The molecule has 0 amide bonds. The molecule has 1 aromatic heterocycles. The predicted octanol–water partition coefficient (Wildman–Crippen LogP) is 3.27. The van der Waals surface area contributed by atoms with E-state index in [4.69, 9.17) is 9.47 Å². The number of aryl methyl sites for hydroxylation is 1. The highest BCUT2D eigenvalue weighted by Crippen LogP contribution is 2.33. The molecular formula is C17H15FN4O2S. The molecule has 0 radical (unpaired) electrons. The topological polar surface area (TPSA) is 62.1 Å². The van der Waals surface area contributed by atoms with Crippen LogP contribution in [-0.4, -0.2) is 27.0 Å². The molecule has 0 aliphatic carbocycles. The van der Waals surface area contributed by atoms with Gasteiger partial charge in [-0.3, -0.25) is 0 Å². The summed E-state index contributed by atoms with van der Waals surface area (Å²) in [4.78, 5) is 0. The Bertz CT molecular complexity index is 915. The van der Waals surface area contributed by atoms with Gasteiger partial charge >= 0.3 is 0 Å². The number of tetrazole rings is 1. The van der Waals surface area contributed by atoms with Crippen molar-refractivity contribution in [3.8, 4) is 11.4 Å². The van der Waals surface area contributed by atoms with Gasteiger partial charge in [-0.25, -0.2) is 4.39 Å². The number of benzene rings is 2. The van der Waals surface area contributed by atoms with Gasteiger partial charge in [-0.2, -0.15) is 4.68 Å². The first-order valence-electron chi connectivity index (χ1n) is 7.71. The number of thioether (sulfide) groups is 1. The molecule has 3 aromatic rings. The fraction of sp³-hybridized carbons (Fsp3) is 0.235. The number of ether oxygens (including phenoxy) is 2. The zero-order valence-electron chi connectivity index (χ0n) is 13.5. The molecule has 25 heavy (non-hydrogen) atoms. The standard InChI is InChI=1S/C17H15FN4O2S/c1-11-3-2-4-15(5-11)22-17(19-20-21-22)25-9-13-7-14(18)6-12-8-23-10-24-16(12)13/h2-7H,8-10H2,1H3. The van der Waals surface area contributed by atoms with E-state index in [0.29, 0.717) is 23.3 Å². The summed E-state index contributed by atoms with van der Waals surface area (Å²) in [6.45, 7) is 2.54. The first kappa shape index (κ1) is 16.0. The molecule has 0 unspecified atom stereocenters. The third-order valence-electron chi connectivity index (χ3n) is 3.80. The van der Waals surface area contributed by atoms with Crippen molar-refractivity contribution in [2.75, 3.05) is 6.79 Å². The summed E-state index contributed by atoms with van der Waals surface area (Å²) in [5.74, 6) is 0.878. The van der Waals surface area contributed by atoms with Crippen molar-refractivity contribution >= 4 is 11.8 Å². The van der Waals surface area contributed by atoms with Crippen LogP contribution >= 0.6 is 11.8 Å². The van der Waals surface area contributed by atoms with Crippen LogP contribution in [0.1, 0.15) is 16.7 Å². The molecule has 8 heteroatoms. The zero-order chi connectivity index (χ0) is 17.2. The smallest absolute Gasteiger partial charge is 0.214 e. The lowest BCUT2D eigenvalue weighted by Gasteiger charge is -2.20. The lowest BCUT2D eigenvalue weighted by atomic mass is 10.1. The molecule has 0 bridgehead atoms. The number of halogens is 1. The van der Waals surface area contributed by atoms with E-state index in [9.17, 15) is 4.39 Å². The van der Waals surface area contributed by atoms with E-state index >= 15 is 0 Å². The molecule has 0 saturated carbocycles. The summed E-state index contributed by atoms with van der Waals surface area (Å²) >= 11 is 1.43. The van der Waals surface area contributed by atoms with Gasteiger partial charge in [-0.1, -0.05) is 23.9 Å². The van der Waals surface area contributed by atoms with Gasteiger partial charge in [0, 0.05) is 16.9 Å². The summed E-state index contributed by atoms with van der Waals surface area (Å²) in [6.07, 6.45) is 0. The maximum atomic E-state index is 13.8. The van der Waals surface area contributed by atoms with Crippen LogP contribution in [-0.2, 0) is 17.1 Å². The average molecular weight is 358 g/mol. The molecule has 0 saturated heterocycles. The highest BCUT2D eigenvalue weighted by atomic mass is 32.2. The van der Waals surface area contributed by atoms with E-state index in [1.165, 1.54) is 23.9 Å². The summed E-state index contributed by atoms with van der Waals surface area (Å²) < 4.78 is 26.3. The summed E-state index contributed by atoms with van der Waals surface area (Å²) in [7, 11) is 0. The lowest BCUT2D eigenvalue weighted by Crippen LogP contribution is -2.13. The Morgan fingerprint density at radius 3 is 3.08 bits per heavy atom. The zero-order valence-corrected chi connectivity index (χ0v) is 14.3. The second-order valence-electron chi connectivity index (χ2n) is 5.66. The monoisotopic (exact) mass is 358 g/mol. The van der Waals surface area contributed by atoms with Crippen LogP contribution in [0.2, 0.25) is 0 Å². The molecule has 6 nitrogen and oxygen atoms in total. The second-order valence-corrected chi connectivity index (χ2v) is 6.61. The molecular weight excluding hydrogens is 343 g/mol. The number of nitrogens with zero attached hydrogens (tertiary/aromatic N) is 4. The Hall–Kier alpha value is -2.45. The van der Waals surface area contributed by atoms with Crippen molar-refractivity contribution in [3.63, 3.8) is 0 Å². The number of fused-ring (bicyclic) bond motifs is 1. The van der Waals surface area contributed by atoms with Gasteiger partial charge in [0.25, 0.3) is 0 Å². The number of rotatable bonds is 4. The Labute approximate surface area is 147 Å². The minimum absolute atomic E-state index is 0.178. The van der Waals surface area contributed by atoms with Gasteiger partial charge in [0.15, 0.2) is 6.79 Å². The van der Waals surface area contributed by atoms with E-state index in [1.807, 2.05) is 31.2 Å². The molecule has 2 heterocycles. The van der Waals surface area contributed by atoms with E-state index in [1.54, 1.807) is 4.68 Å². The van der Waals surface area contributed by atoms with Crippen LogP contribution < -0.4 is 4.74 Å². The Morgan fingerprint density at radius 2 is 2.20 bits per heavy atom. The van der Waals surface area contributed by atoms with E-state index in [0.717, 1.165) is 22.4 Å². The molecule has 0 atom stereocenters. The molecule has 1 aliphatic rings. The van der Waals surface area contributed by atoms with E-state index < -0.39 is 0 Å². The SMILES string of the molecule is Cc1cccc(-n2nnnc2SCc2cc(F)cc3c2OCOC3)c1. The van der Waals surface area contributed by atoms with Crippen molar-refractivity contribution < 1.29 is 13.9 Å². The van der Waals surface area contributed by atoms with Crippen LogP contribution in [0.5, 0.6) is 5.75 Å². The lowest BCUT2D eigenvalue weighted by molar-refractivity contribution is -0.0171. The van der Waals surface area contributed by atoms with Gasteiger partial charge in [-0.05, 0) is 47.2 Å². The van der Waals surface area contributed by atoms with Gasteiger partial charge in [-0.15, -0.1) is 5.10 Å². The first-order valence-corrected chi connectivity index (χ1v) is 8.69. The Kier molecular flexibility index (Phi) is 4.37. The molecule has 4 rings (SSSR count). The Morgan fingerprint density at radius 1 is 1.28 bits per heavy atom. The largest absolute Gasteiger partial charge is 0.467 e. The van der Waals surface area contributed by atoms with Gasteiger partial charge in [0.05, 0.1) is 12.3 Å². The molecule has 1 aliphatic heterocycles. The van der Waals surface area contributed by atoms with Crippen LogP contribution in [0.25, 0.3) is 5.69 Å². The fourth-order valence-corrected chi connectivity index (χ4v) is 3.55. The van der Waals surface area contributed by atoms with Crippen LogP contribution in [0.15, 0.2) is 41.6 Å². The van der Waals surface area contributed by atoms with Gasteiger partial charge in [0.2, 0.25) is 5.16 Å². The molecule has 0 fully saturated rings. The number of hydrogen-bond donors (Lipinski definition) is 0.